The van der Waals surface area contributed by atoms with E-state index in [4.69, 9.17) is 24.0 Å². The number of ether oxygens (including phenoxy) is 1. The quantitative estimate of drug-likeness (QED) is 0.0898. The summed E-state index contributed by atoms with van der Waals surface area (Å²) in [5, 5.41) is 53.3. The van der Waals surface area contributed by atoms with Crippen LogP contribution >= 0.6 is 0 Å². The van der Waals surface area contributed by atoms with Gasteiger partial charge in [-0.1, -0.05) is 0 Å². The molecule has 0 amide bonds. The van der Waals surface area contributed by atoms with Gasteiger partial charge in [0.2, 0.25) is 0 Å². The van der Waals surface area contributed by atoms with E-state index >= 15 is 0 Å². The topological polar surface area (TPSA) is 192 Å². The Labute approximate surface area is 240 Å². The van der Waals surface area contributed by atoms with Gasteiger partial charge in [0.15, 0.2) is 16.8 Å². The highest BCUT2D eigenvalue weighted by molar-refractivity contribution is 5.91. The number of benzene rings is 1. The van der Waals surface area contributed by atoms with Crippen LogP contribution < -0.4 is 15.5 Å². The lowest BCUT2D eigenvalue weighted by molar-refractivity contribution is -0.360. The van der Waals surface area contributed by atoms with Crippen LogP contribution in [0, 0.1) is 6.92 Å². The Hall–Kier alpha value is -3.27. The largest absolute Gasteiger partial charge is 0.482 e. The molecule has 6 atom stereocenters. The average molecular weight is 588 g/mol. The molecule has 1 aromatic carbocycles. The van der Waals surface area contributed by atoms with Gasteiger partial charge in [-0.3, -0.25) is 4.79 Å². The van der Waals surface area contributed by atoms with Gasteiger partial charge < -0.3 is 49.6 Å². The van der Waals surface area contributed by atoms with E-state index in [1.54, 1.807) is 13.0 Å². The van der Waals surface area contributed by atoms with Gasteiger partial charge in [0.1, 0.15) is 54.2 Å². The van der Waals surface area contributed by atoms with Crippen LogP contribution in [0.3, 0.4) is 0 Å². The highest BCUT2D eigenvalue weighted by Gasteiger charge is 2.44. The smallest absolute Gasteiger partial charge is 0.193 e. The maximum atomic E-state index is 13.1. The second-order valence-electron chi connectivity index (χ2n) is 11.0. The highest BCUT2D eigenvalue weighted by atomic mass is 17.2. The van der Waals surface area contributed by atoms with Crippen molar-refractivity contribution in [1.82, 2.24) is 14.9 Å². The van der Waals surface area contributed by atoms with E-state index in [0.717, 1.165) is 10.9 Å². The van der Waals surface area contributed by atoms with Crippen molar-refractivity contribution in [3.63, 3.8) is 0 Å². The van der Waals surface area contributed by atoms with E-state index in [-0.39, 0.29) is 11.8 Å². The van der Waals surface area contributed by atoms with Gasteiger partial charge in [0.05, 0.1) is 17.5 Å². The Bertz CT molecular complexity index is 1570. The van der Waals surface area contributed by atoms with Gasteiger partial charge in [-0.2, -0.15) is 0 Å². The van der Waals surface area contributed by atoms with Gasteiger partial charge in [-0.05, 0) is 39.6 Å². The van der Waals surface area contributed by atoms with Crippen molar-refractivity contribution < 1.29 is 44.5 Å². The number of hydrogen-bond acceptors (Lipinski definition) is 11. The monoisotopic (exact) mass is 587 g/mol. The van der Waals surface area contributed by atoms with E-state index in [1.807, 2.05) is 43.2 Å². The van der Waals surface area contributed by atoms with E-state index in [9.17, 15) is 25.2 Å². The lowest BCUT2D eigenvalue weighted by Crippen LogP contribution is -2.52. The maximum absolute atomic E-state index is 13.1. The van der Waals surface area contributed by atoms with E-state index in [0.29, 0.717) is 46.7 Å². The number of H-pyrrole nitrogens is 1. The lowest BCUT2D eigenvalue weighted by atomic mass is 9.86. The first-order chi connectivity index (χ1) is 20.1. The molecule has 1 aliphatic heterocycles. The standard InChI is InChI=1S/C29H37N3O10/c1-15-8-20(34)18-9-17-10-23(42-39-14-22(36)26(38)25(37)21(35)13-33)29(2,5-7-30-3)41-27(17)24(28(18)40-15)32-11-16-4-6-31-19(16)12-32/h4,6,8-9,11-12,21-23,25-26,30-31,33,35-38H,5,7,10,13-14H2,1-3H3. The normalized spacial score (nSPS) is 21.7. The summed E-state index contributed by atoms with van der Waals surface area (Å²) in [5.74, 6) is 0.996. The number of nitrogens with one attached hydrogen (secondary N) is 2. The molecule has 7 N–H and O–H groups in total. The molecule has 228 valence electrons. The van der Waals surface area contributed by atoms with Gasteiger partial charge in [-0.25, -0.2) is 9.78 Å². The first-order valence-corrected chi connectivity index (χ1v) is 13.8. The molecule has 13 heteroatoms. The van der Waals surface area contributed by atoms with Crippen LogP contribution in [0.5, 0.6) is 5.75 Å². The average Bonchev–Trinajstić information content (AvgIpc) is 3.57. The summed E-state index contributed by atoms with van der Waals surface area (Å²) < 4.78 is 14.7. The van der Waals surface area contributed by atoms with Crippen LogP contribution in [0.25, 0.3) is 27.6 Å². The Morgan fingerprint density at radius 3 is 2.67 bits per heavy atom. The summed E-state index contributed by atoms with van der Waals surface area (Å²) in [6.45, 7) is 2.83. The molecule has 0 saturated carbocycles. The summed E-state index contributed by atoms with van der Waals surface area (Å²) in [7, 11) is 1.81. The minimum absolute atomic E-state index is 0.200. The van der Waals surface area contributed by atoms with Crippen LogP contribution in [-0.4, -0.2) is 98.0 Å². The number of aliphatic hydroxyl groups excluding tert-OH is 5. The fraction of sp³-hybridized carbons (Fsp3) is 0.483. The summed E-state index contributed by atoms with van der Waals surface area (Å²) >= 11 is 0. The number of rotatable bonds is 12. The van der Waals surface area contributed by atoms with Crippen molar-refractivity contribution >= 4 is 21.9 Å². The third-order valence-electron chi connectivity index (χ3n) is 7.81. The molecule has 13 nitrogen and oxygen atoms in total. The number of aromatic amines is 1. The fourth-order valence-corrected chi connectivity index (χ4v) is 5.29. The summed E-state index contributed by atoms with van der Waals surface area (Å²) in [6, 6.07) is 5.11. The number of nitrogens with zero attached hydrogens (tertiary/aromatic N) is 1. The van der Waals surface area contributed by atoms with Crippen LogP contribution in [0.1, 0.15) is 24.7 Å². The number of aliphatic hydroxyl groups is 5. The zero-order chi connectivity index (χ0) is 30.2. The Morgan fingerprint density at radius 2 is 1.95 bits per heavy atom. The second kappa shape index (κ2) is 12.1. The fourth-order valence-electron chi connectivity index (χ4n) is 5.29. The third kappa shape index (κ3) is 5.70. The number of aromatic nitrogens is 2. The second-order valence-corrected chi connectivity index (χ2v) is 11.0. The Balaban J connectivity index is 1.50. The molecule has 0 saturated heterocycles. The van der Waals surface area contributed by atoms with Gasteiger partial charge >= 0.3 is 0 Å². The van der Waals surface area contributed by atoms with Crippen LogP contribution in [0.2, 0.25) is 0 Å². The summed E-state index contributed by atoms with van der Waals surface area (Å²) in [4.78, 5) is 27.4. The summed E-state index contributed by atoms with van der Waals surface area (Å²) in [5.41, 5.74) is 1.41. The molecular formula is C29H37N3O10. The number of fused-ring (bicyclic) bond motifs is 3. The molecule has 4 aromatic rings. The zero-order valence-electron chi connectivity index (χ0n) is 23.6. The van der Waals surface area contributed by atoms with Gasteiger partial charge in [0, 0.05) is 48.4 Å². The van der Waals surface area contributed by atoms with Crippen molar-refractivity contribution in [1.29, 1.82) is 0 Å². The van der Waals surface area contributed by atoms with Crippen LogP contribution in [-0.2, 0) is 16.2 Å². The van der Waals surface area contributed by atoms with Gasteiger partial charge in [-0.15, -0.1) is 0 Å². The van der Waals surface area contributed by atoms with E-state index in [2.05, 4.69) is 10.3 Å². The Kier molecular flexibility index (Phi) is 8.73. The Morgan fingerprint density at radius 1 is 1.19 bits per heavy atom. The SMILES string of the molecule is CNCCC1(C)Oc2c(cc3c(=O)cc(C)oc3c2-n2cc3cc[nH]c3c2)CC1OOCC(O)C(O)C(O)C(O)CO. The van der Waals surface area contributed by atoms with Gasteiger partial charge in [0.25, 0.3) is 0 Å². The van der Waals surface area contributed by atoms with Crippen LogP contribution in [0.4, 0.5) is 0 Å². The van der Waals surface area contributed by atoms with Crippen molar-refractivity contribution in [2.75, 3.05) is 26.8 Å². The molecule has 42 heavy (non-hydrogen) atoms. The molecule has 0 radical (unpaired) electrons. The molecule has 0 spiro atoms. The predicted molar refractivity (Wildman–Crippen MR) is 152 cm³/mol. The molecule has 0 fully saturated rings. The van der Waals surface area contributed by atoms with Crippen LogP contribution in [0.15, 0.2) is 46.0 Å². The molecule has 4 heterocycles. The van der Waals surface area contributed by atoms with E-state index in [1.165, 1.54) is 6.07 Å². The van der Waals surface area contributed by atoms with Crippen molar-refractivity contribution in [2.24, 2.45) is 0 Å². The summed E-state index contributed by atoms with van der Waals surface area (Å²) in [6.07, 6.45) is -1.11. The number of aryl methyl sites for hydroxylation is 1. The first kappa shape index (κ1) is 30.2. The van der Waals surface area contributed by atoms with E-state index < -0.39 is 49.3 Å². The molecule has 5 rings (SSSR count). The number of hydrogen-bond donors (Lipinski definition) is 7. The zero-order valence-corrected chi connectivity index (χ0v) is 23.6. The minimum Gasteiger partial charge on any atom is -0.482 e. The highest BCUT2D eigenvalue weighted by Crippen LogP contribution is 2.44. The van der Waals surface area contributed by atoms with Crippen molar-refractivity contribution in [3.05, 3.63) is 58.3 Å². The molecule has 0 aliphatic carbocycles. The van der Waals surface area contributed by atoms with Crippen molar-refractivity contribution in [2.45, 2.75) is 62.8 Å². The lowest BCUT2D eigenvalue weighted by Gasteiger charge is -2.42. The molecule has 6 unspecified atom stereocenters. The van der Waals surface area contributed by atoms with Crippen molar-refractivity contribution in [3.8, 4) is 11.4 Å². The molecular weight excluding hydrogens is 550 g/mol. The molecule has 0 bridgehead atoms. The first-order valence-electron chi connectivity index (χ1n) is 13.8. The predicted octanol–water partition coefficient (Wildman–Crippen LogP) is 0.429. The molecule has 1 aliphatic rings. The third-order valence-corrected chi connectivity index (χ3v) is 7.81. The maximum Gasteiger partial charge on any atom is 0.193 e. The minimum atomic E-state index is -1.79. The molecule has 3 aromatic heterocycles.